The molecule has 2 rings (SSSR count). The fraction of sp³-hybridized carbons (Fsp3) is 0.636. The third kappa shape index (κ3) is 1.77. The summed E-state index contributed by atoms with van der Waals surface area (Å²) in [5, 5.41) is 0. The van der Waals surface area contributed by atoms with Crippen molar-refractivity contribution in [1.82, 2.24) is 14.9 Å². The minimum absolute atomic E-state index is 0.908. The highest BCUT2D eigenvalue weighted by atomic mass is 15.1. The fourth-order valence-corrected chi connectivity index (χ4v) is 2.05. The number of aryl methyl sites for hydroxylation is 2. The quantitative estimate of drug-likeness (QED) is 0.615. The number of aromatic nitrogens is 2. The van der Waals surface area contributed by atoms with Gasteiger partial charge in [0.1, 0.15) is 5.82 Å². The van der Waals surface area contributed by atoms with Crippen LogP contribution in [0.25, 0.3) is 0 Å². The summed E-state index contributed by atoms with van der Waals surface area (Å²) in [5.41, 5.74) is 3.81. The van der Waals surface area contributed by atoms with Crippen LogP contribution in [0.2, 0.25) is 0 Å². The highest BCUT2D eigenvalue weighted by Gasteiger charge is 2.15. The molecule has 0 saturated heterocycles. The lowest BCUT2D eigenvalue weighted by Gasteiger charge is -2.10. The van der Waals surface area contributed by atoms with E-state index in [4.69, 9.17) is 0 Å². The van der Waals surface area contributed by atoms with E-state index in [1.54, 1.807) is 0 Å². The SMILES string of the molecule is Cc1nc(C)c2c(n1)CCN(C)CC2. The van der Waals surface area contributed by atoms with Gasteiger partial charge in [0.05, 0.1) is 0 Å². The molecule has 0 saturated carbocycles. The maximum atomic E-state index is 4.53. The van der Waals surface area contributed by atoms with Gasteiger partial charge in [0, 0.05) is 30.9 Å². The summed E-state index contributed by atoms with van der Waals surface area (Å²) < 4.78 is 0. The number of hydrogen-bond donors (Lipinski definition) is 0. The molecular weight excluding hydrogens is 174 g/mol. The molecule has 1 aliphatic rings. The smallest absolute Gasteiger partial charge is 0.125 e. The predicted octanol–water partition coefficient (Wildman–Crippen LogP) is 1.12. The van der Waals surface area contributed by atoms with E-state index in [2.05, 4.69) is 28.8 Å². The predicted molar refractivity (Wildman–Crippen MR) is 56.4 cm³/mol. The monoisotopic (exact) mass is 191 g/mol. The Labute approximate surface area is 85.2 Å². The van der Waals surface area contributed by atoms with Crippen molar-refractivity contribution in [2.75, 3.05) is 20.1 Å². The molecule has 3 nitrogen and oxygen atoms in total. The van der Waals surface area contributed by atoms with Gasteiger partial charge in [-0.2, -0.15) is 0 Å². The lowest BCUT2D eigenvalue weighted by Crippen LogP contribution is -2.20. The maximum Gasteiger partial charge on any atom is 0.125 e. The van der Waals surface area contributed by atoms with Crippen LogP contribution in [-0.4, -0.2) is 35.0 Å². The minimum atomic E-state index is 0.908. The van der Waals surface area contributed by atoms with Crippen LogP contribution < -0.4 is 0 Å². The molecule has 0 aliphatic carbocycles. The van der Waals surface area contributed by atoms with Gasteiger partial charge in [-0.3, -0.25) is 0 Å². The van der Waals surface area contributed by atoms with Gasteiger partial charge in [0.25, 0.3) is 0 Å². The van der Waals surface area contributed by atoms with Crippen molar-refractivity contribution in [1.29, 1.82) is 0 Å². The normalized spacial score (nSPS) is 17.6. The third-order valence-corrected chi connectivity index (χ3v) is 2.89. The summed E-state index contributed by atoms with van der Waals surface area (Å²) in [6, 6.07) is 0. The molecule has 0 bridgehead atoms. The molecule has 3 heteroatoms. The van der Waals surface area contributed by atoms with Crippen LogP contribution >= 0.6 is 0 Å². The van der Waals surface area contributed by atoms with E-state index < -0.39 is 0 Å². The Kier molecular flexibility index (Phi) is 2.50. The topological polar surface area (TPSA) is 29.0 Å². The van der Waals surface area contributed by atoms with E-state index in [9.17, 15) is 0 Å². The molecule has 0 N–H and O–H groups in total. The number of fused-ring (bicyclic) bond motifs is 1. The Morgan fingerprint density at radius 1 is 1.07 bits per heavy atom. The molecule has 76 valence electrons. The molecule has 0 fully saturated rings. The van der Waals surface area contributed by atoms with Gasteiger partial charge in [0.2, 0.25) is 0 Å². The number of likely N-dealkylation sites (N-methyl/N-ethyl adjacent to an activating group) is 1. The van der Waals surface area contributed by atoms with Crippen molar-refractivity contribution in [3.05, 3.63) is 22.8 Å². The first kappa shape index (κ1) is 9.59. The molecule has 2 heterocycles. The van der Waals surface area contributed by atoms with E-state index in [-0.39, 0.29) is 0 Å². The highest BCUT2D eigenvalue weighted by Crippen LogP contribution is 2.16. The van der Waals surface area contributed by atoms with Crippen LogP contribution in [0.4, 0.5) is 0 Å². The summed E-state index contributed by atoms with van der Waals surface area (Å²) in [6.07, 6.45) is 2.16. The first-order chi connectivity index (χ1) is 6.66. The third-order valence-electron chi connectivity index (χ3n) is 2.89. The van der Waals surface area contributed by atoms with Crippen LogP contribution in [0.15, 0.2) is 0 Å². The minimum Gasteiger partial charge on any atom is -0.306 e. The van der Waals surface area contributed by atoms with Crippen molar-refractivity contribution in [3.63, 3.8) is 0 Å². The van der Waals surface area contributed by atoms with E-state index in [1.165, 1.54) is 17.0 Å². The Balaban J connectivity index is 2.40. The summed E-state index contributed by atoms with van der Waals surface area (Å²) >= 11 is 0. The molecule has 0 radical (unpaired) electrons. The molecule has 0 spiro atoms. The van der Waals surface area contributed by atoms with E-state index in [0.717, 1.165) is 31.8 Å². The van der Waals surface area contributed by atoms with E-state index in [1.807, 2.05) is 6.92 Å². The number of nitrogens with zero attached hydrogens (tertiary/aromatic N) is 3. The molecule has 0 atom stereocenters. The summed E-state index contributed by atoms with van der Waals surface area (Å²) in [5.74, 6) is 0.908. The molecule has 14 heavy (non-hydrogen) atoms. The second-order valence-corrected chi connectivity index (χ2v) is 4.08. The summed E-state index contributed by atoms with van der Waals surface area (Å²) in [7, 11) is 2.17. The Morgan fingerprint density at radius 3 is 2.57 bits per heavy atom. The number of hydrogen-bond acceptors (Lipinski definition) is 3. The summed E-state index contributed by atoms with van der Waals surface area (Å²) in [6.45, 7) is 6.31. The van der Waals surface area contributed by atoms with Crippen molar-refractivity contribution in [2.24, 2.45) is 0 Å². The van der Waals surface area contributed by atoms with Gasteiger partial charge >= 0.3 is 0 Å². The zero-order chi connectivity index (χ0) is 10.1. The van der Waals surface area contributed by atoms with Crippen LogP contribution in [0.1, 0.15) is 22.8 Å². The second kappa shape index (κ2) is 3.65. The molecule has 0 amide bonds. The van der Waals surface area contributed by atoms with Crippen molar-refractivity contribution < 1.29 is 0 Å². The highest BCUT2D eigenvalue weighted by molar-refractivity contribution is 5.26. The molecular formula is C11H17N3. The van der Waals surface area contributed by atoms with E-state index >= 15 is 0 Å². The first-order valence-electron chi connectivity index (χ1n) is 5.18. The zero-order valence-electron chi connectivity index (χ0n) is 9.17. The van der Waals surface area contributed by atoms with Crippen LogP contribution in [-0.2, 0) is 12.8 Å². The average molecular weight is 191 g/mol. The van der Waals surface area contributed by atoms with Crippen LogP contribution in [0.5, 0.6) is 0 Å². The summed E-state index contributed by atoms with van der Waals surface area (Å²) in [4.78, 5) is 11.3. The average Bonchev–Trinajstić information content (AvgIpc) is 2.28. The van der Waals surface area contributed by atoms with Gasteiger partial charge < -0.3 is 4.90 Å². The van der Waals surface area contributed by atoms with Gasteiger partial charge in [-0.1, -0.05) is 0 Å². The van der Waals surface area contributed by atoms with Gasteiger partial charge in [0.15, 0.2) is 0 Å². The Morgan fingerprint density at radius 2 is 1.79 bits per heavy atom. The molecule has 1 aromatic heterocycles. The Bertz CT molecular complexity index is 347. The number of rotatable bonds is 0. The maximum absolute atomic E-state index is 4.53. The lowest BCUT2D eigenvalue weighted by atomic mass is 10.1. The van der Waals surface area contributed by atoms with Gasteiger partial charge in [-0.25, -0.2) is 9.97 Å². The van der Waals surface area contributed by atoms with Crippen molar-refractivity contribution in [2.45, 2.75) is 26.7 Å². The van der Waals surface area contributed by atoms with Crippen LogP contribution in [0.3, 0.4) is 0 Å². The molecule has 1 aromatic rings. The fourth-order valence-electron chi connectivity index (χ4n) is 2.05. The van der Waals surface area contributed by atoms with Gasteiger partial charge in [-0.15, -0.1) is 0 Å². The van der Waals surface area contributed by atoms with E-state index in [0.29, 0.717) is 0 Å². The lowest BCUT2D eigenvalue weighted by molar-refractivity contribution is 0.352. The second-order valence-electron chi connectivity index (χ2n) is 4.08. The van der Waals surface area contributed by atoms with Gasteiger partial charge in [-0.05, 0) is 32.9 Å². The zero-order valence-corrected chi connectivity index (χ0v) is 9.17. The van der Waals surface area contributed by atoms with Crippen molar-refractivity contribution in [3.8, 4) is 0 Å². The van der Waals surface area contributed by atoms with Crippen LogP contribution in [0, 0.1) is 13.8 Å². The van der Waals surface area contributed by atoms with Crippen molar-refractivity contribution >= 4 is 0 Å². The molecule has 0 aromatic carbocycles. The molecule has 1 aliphatic heterocycles. The largest absolute Gasteiger partial charge is 0.306 e. The Hall–Kier alpha value is -0.960. The standard InChI is InChI=1S/C11H17N3/c1-8-10-4-6-14(3)7-5-11(10)13-9(2)12-8/h4-7H2,1-3H3. The molecule has 0 unspecified atom stereocenters. The first-order valence-corrected chi connectivity index (χ1v) is 5.18.